The zero-order valence-electron chi connectivity index (χ0n) is 9.29. The maximum absolute atomic E-state index is 11.8. The number of nitrogens with one attached hydrogen (secondary N) is 1. The molecule has 0 fully saturated rings. The average Bonchev–Trinajstić information content (AvgIpc) is 2.78. The fourth-order valence-electron chi connectivity index (χ4n) is 1.36. The number of nitro benzene ring substituents is 1. The minimum Gasteiger partial charge on any atom is -0.506 e. The summed E-state index contributed by atoms with van der Waals surface area (Å²) in [6.45, 7) is 0. The first-order valence-electron chi connectivity index (χ1n) is 5.01. The Kier molecular flexibility index (Phi) is 3.68. The highest BCUT2D eigenvalue weighted by Crippen LogP contribution is 2.29. The van der Waals surface area contributed by atoms with Crippen molar-refractivity contribution in [2.24, 2.45) is 0 Å². The molecule has 0 aliphatic rings. The molecule has 0 saturated carbocycles. The van der Waals surface area contributed by atoms with E-state index in [0.29, 0.717) is 9.21 Å². The third-order valence-electron chi connectivity index (χ3n) is 2.24. The quantitative estimate of drug-likeness (QED) is 0.517. The van der Waals surface area contributed by atoms with Gasteiger partial charge in [-0.15, -0.1) is 11.3 Å². The molecule has 0 bridgehead atoms. The van der Waals surface area contributed by atoms with E-state index in [9.17, 15) is 20.0 Å². The third kappa shape index (κ3) is 3.01. The van der Waals surface area contributed by atoms with Gasteiger partial charge in [0.15, 0.2) is 0 Å². The van der Waals surface area contributed by atoms with E-state index in [4.69, 9.17) is 11.6 Å². The molecule has 0 aliphatic heterocycles. The molecule has 98 valence electrons. The van der Waals surface area contributed by atoms with Crippen LogP contribution in [0.4, 0.5) is 11.4 Å². The third-order valence-corrected chi connectivity index (χ3v) is 3.47. The number of halogens is 1. The van der Waals surface area contributed by atoms with Gasteiger partial charge in [0.2, 0.25) is 0 Å². The zero-order valence-corrected chi connectivity index (χ0v) is 10.9. The summed E-state index contributed by atoms with van der Waals surface area (Å²) in [5.74, 6) is -0.814. The highest BCUT2D eigenvalue weighted by atomic mass is 35.5. The Morgan fingerprint density at radius 1 is 1.37 bits per heavy atom. The Labute approximate surface area is 116 Å². The lowest BCUT2D eigenvalue weighted by Gasteiger charge is -2.05. The zero-order chi connectivity index (χ0) is 14.0. The summed E-state index contributed by atoms with van der Waals surface area (Å²) in [4.78, 5) is 22.0. The maximum atomic E-state index is 11.8. The van der Waals surface area contributed by atoms with Crippen LogP contribution in [0.2, 0.25) is 4.34 Å². The van der Waals surface area contributed by atoms with Gasteiger partial charge in [0.25, 0.3) is 11.6 Å². The number of non-ortho nitro benzene ring substituents is 1. The highest BCUT2D eigenvalue weighted by molar-refractivity contribution is 7.18. The van der Waals surface area contributed by atoms with Crippen molar-refractivity contribution >= 4 is 40.2 Å². The number of thiophene rings is 1. The van der Waals surface area contributed by atoms with Crippen LogP contribution in [-0.2, 0) is 0 Å². The van der Waals surface area contributed by atoms with E-state index in [1.54, 1.807) is 12.1 Å². The first-order chi connectivity index (χ1) is 8.97. The second-order valence-electron chi connectivity index (χ2n) is 3.52. The van der Waals surface area contributed by atoms with Crippen LogP contribution in [-0.4, -0.2) is 15.9 Å². The van der Waals surface area contributed by atoms with Gasteiger partial charge in [0, 0.05) is 6.07 Å². The summed E-state index contributed by atoms with van der Waals surface area (Å²) in [6.07, 6.45) is 0. The fourth-order valence-corrected chi connectivity index (χ4v) is 2.30. The number of nitro groups is 1. The molecule has 0 spiro atoms. The first kappa shape index (κ1) is 13.3. The van der Waals surface area contributed by atoms with E-state index in [0.717, 1.165) is 17.4 Å². The molecule has 2 N–H and O–H groups in total. The molecular formula is C11H7ClN2O4S. The number of amides is 1. The van der Waals surface area contributed by atoms with Crippen molar-refractivity contribution in [1.82, 2.24) is 0 Å². The monoisotopic (exact) mass is 298 g/mol. The van der Waals surface area contributed by atoms with Crippen LogP contribution < -0.4 is 5.32 Å². The van der Waals surface area contributed by atoms with Gasteiger partial charge in [-0.25, -0.2) is 0 Å². The second kappa shape index (κ2) is 5.25. The van der Waals surface area contributed by atoms with Crippen molar-refractivity contribution in [1.29, 1.82) is 0 Å². The second-order valence-corrected chi connectivity index (χ2v) is 5.23. The Bertz CT molecular complexity index is 656. The number of phenolic OH excluding ortho intramolecular Hbond substituents is 1. The average molecular weight is 299 g/mol. The van der Waals surface area contributed by atoms with Crippen LogP contribution in [0.5, 0.6) is 5.75 Å². The number of anilines is 1. The molecule has 1 aromatic heterocycles. The summed E-state index contributed by atoms with van der Waals surface area (Å²) in [5.41, 5.74) is -0.158. The van der Waals surface area contributed by atoms with E-state index in [-0.39, 0.29) is 17.1 Å². The molecule has 0 saturated heterocycles. The molecule has 1 heterocycles. The highest BCUT2D eigenvalue weighted by Gasteiger charge is 2.14. The summed E-state index contributed by atoms with van der Waals surface area (Å²) in [6, 6.07) is 6.55. The molecule has 0 radical (unpaired) electrons. The van der Waals surface area contributed by atoms with Crippen molar-refractivity contribution in [2.75, 3.05) is 5.32 Å². The Balaban J connectivity index is 2.20. The number of carbonyl (C=O) groups excluding carboxylic acids is 1. The molecule has 0 aliphatic carbocycles. The van der Waals surface area contributed by atoms with Gasteiger partial charge in [-0.05, 0) is 18.2 Å². The van der Waals surface area contributed by atoms with Gasteiger partial charge in [-0.3, -0.25) is 14.9 Å². The van der Waals surface area contributed by atoms with Crippen LogP contribution in [0.25, 0.3) is 0 Å². The predicted octanol–water partition coefficient (Wildman–Crippen LogP) is 3.27. The first-order valence-corrected chi connectivity index (χ1v) is 6.21. The fraction of sp³-hybridized carbons (Fsp3) is 0. The SMILES string of the molecule is O=C(Nc1ccc([N+](=O)[O-])cc1O)c1ccc(Cl)s1. The van der Waals surface area contributed by atoms with Gasteiger partial charge in [-0.1, -0.05) is 11.6 Å². The van der Waals surface area contributed by atoms with Crippen molar-refractivity contribution in [3.63, 3.8) is 0 Å². The van der Waals surface area contributed by atoms with Gasteiger partial charge < -0.3 is 10.4 Å². The standard InChI is InChI=1S/C11H7ClN2O4S/c12-10-4-3-9(19-10)11(16)13-7-2-1-6(14(17)18)5-8(7)15/h1-5,15H,(H,13,16). The van der Waals surface area contributed by atoms with Crippen LogP contribution in [0, 0.1) is 10.1 Å². The van der Waals surface area contributed by atoms with E-state index in [2.05, 4.69) is 5.32 Å². The van der Waals surface area contributed by atoms with Crippen molar-refractivity contribution < 1.29 is 14.8 Å². The van der Waals surface area contributed by atoms with Gasteiger partial charge in [-0.2, -0.15) is 0 Å². The van der Waals surface area contributed by atoms with Gasteiger partial charge in [0.05, 0.1) is 25.9 Å². The van der Waals surface area contributed by atoms with E-state index in [1.807, 2.05) is 0 Å². The maximum Gasteiger partial charge on any atom is 0.273 e. The van der Waals surface area contributed by atoms with Crippen LogP contribution in [0.1, 0.15) is 9.67 Å². The summed E-state index contributed by atoms with van der Waals surface area (Å²) < 4.78 is 0.470. The lowest BCUT2D eigenvalue weighted by molar-refractivity contribution is -0.384. The predicted molar refractivity (Wildman–Crippen MR) is 72.0 cm³/mol. The Hall–Kier alpha value is -2.12. The number of carbonyl (C=O) groups is 1. The van der Waals surface area contributed by atoms with Gasteiger partial charge >= 0.3 is 0 Å². The van der Waals surface area contributed by atoms with Crippen LogP contribution in [0.3, 0.4) is 0 Å². The van der Waals surface area contributed by atoms with Crippen molar-refractivity contribution in [3.8, 4) is 5.75 Å². The smallest absolute Gasteiger partial charge is 0.273 e. The minimum absolute atomic E-state index is 0.0973. The summed E-state index contributed by atoms with van der Waals surface area (Å²) >= 11 is 6.80. The molecule has 8 heteroatoms. The molecule has 0 atom stereocenters. The number of hydrogen-bond acceptors (Lipinski definition) is 5. The number of hydrogen-bond donors (Lipinski definition) is 2. The van der Waals surface area contributed by atoms with Gasteiger partial charge in [0.1, 0.15) is 5.75 Å². The van der Waals surface area contributed by atoms with E-state index < -0.39 is 10.8 Å². The lowest BCUT2D eigenvalue weighted by atomic mass is 10.2. The molecule has 2 aromatic rings. The van der Waals surface area contributed by atoms with Crippen molar-refractivity contribution in [2.45, 2.75) is 0 Å². The van der Waals surface area contributed by atoms with E-state index in [1.165, 1.54) is 12.1 Å². The van der Waals surface area contributed by atoms with E-state index >= 15 is 0 Å². The van der Waals surface area contributed by atoms with Crippen LogP contribution in [0.15, 0.2) is 30.3 Å². The summed E-state index contributed by atoms with van der Waals surface area (Å²) in [5, 5.41) is 22.6. The number of benzene rings is 1. The van der Waals surface area contributed by atoms with Crippen molar-refractivity contribution in [3.05, 3.63) is 49.7 Å². The molecule has 6 nitrogen and oxygen atoms in total. The number of aromatic hydroxyl groups is 1. The molecule has 1 amide bonds. The molecule has 19 heavy (non-hydrogen) atoms. The molecule has 2 rings (SSSR count). The minimum atomic E-state index is -0.635. The normalized spacial score (nSPS) is 10.2. The molecule has 0 unspecified atom stereocenters. The number of phenols is 1. The molecular weight excluding hydrogens is 292 g/mol. The Morgan fingerprint density at radius 3 is 2.63 bits per heavy atom. The lowest BCUT2D eigenvalue weighted by Crippen LogP contribution is -2.10. The summed E-state index contributed by atoms with van der Waals surface area (Å²) in [7, 11) is 0. The number of nitrogens with zero attached hydrogens (tertiary/aromatic N) is 1. The topological polar surface area (TPSA) is 92.5 Å². The number of rotatable bonds is 3. The van der Waals surface area contributed by atoms with Crippen LogP contribution >= 0.6 is 22.9 Å². The molecule has 1 aromatic carbocycles. The Morgan fingerprint density at radius 2 is 2.11 bits per heavy atom. The largest absolute Gasteiger partial charge is 0.506 e.